The van der Waals surface area contributed by atoms with Gasteiger partial charge in [0, 0.05) is 0 Å². The predicted octanol–water partition coefficient (Wildman–Crippen LogP) is -4.84. The van der Waals surface area contributed by atoms with Crippen LogP contribution in [0.4, 0.5) is 0 Å². The Morgan fingerprint density at radius 2 is 1.00 bits per heavy atom. The van der Waals surface area contributed by atoms with Gasteiger partial charge in [-0.05, 0) is 0 Å². The average Bonchev–Trinajstić information content (AvgIpc) is 1.43. The molecule has 10 nitrogen and oxygen atoms in total. The first-order chi connectivity index (χ1) is 5.41. The molecule has 0 aliphatic carbocycles. The van der Waals surface area contributed by atoms with E-state index in [4.69, 9.17) is 0 Å². The molecule has 0 aliphatic heterocycles. The Morgan fingerprint density at radius 1 is 0.800 bits per heavy atom. The minimum Gasteiger partial charge on any atom is -0.789 e. The number of phosphoric acid groups is 2. The third kappa shape index (κ3) is 16.7. The first kappa shape index (κ1) is 22.8. The molecule has 0 bridgehead atoms. The summed E-state index contributed by atoms with van der Waals surface area (Å²) in [6, 6.07) is 0. The summed E-state index contributed by atoms with van der Waals surface area (Å²) in [7, 11) is -17.6. The molecule has 15 heteroatoms. The monoisotopic (exact) mass is 334 g/mol. The van der Waals surface area contributed by atoms with Crippen molar-refractivity contribution in [3.8, 4) is 0 Å². The van der Waals surface area contributed by atoms with Crippen molar-refractivity contribution in [1.82, 2.24) is 0 Å². The summed E-state index contributed by atoms with van der Waals surface area (Å²) < 4.78 is 44.7. The fraction of sp³-hybridized carbons (Fsp3) is 0. The Kier molecular flexibility index (Phi) is 12.1. The van der Waals surface area contributed by atoms with Gasteiger partial charge in [-0.15, -0.1) is 0 Å². The SMILES string of the molecule is O=P([O-])([O-])OS(=O)(=O)OP(=O)([O-])[O-].[Ca+2].[Ca+2]. The van der Waals surface area contributed by atoms with Crippen molar-refractivity contribution in [2.24, 2.45) is 0 Å². The van der Waals surface area contributed by atoms with Crippen LogP contribution in [0.2, 0.25) is 0 Å². The third-order valence-corrected chi connectivity index (χ3v) is 3.29. The maximum absolute atomic E-state index is 10.1. The van der Waals surface area contributed by atoms with E-state index in [1.165, 1.54) is 0 Å². The third-order valence-electron chi connectivity index (χ3n) is 0.365. The molecule has 0 rings (SSSR count). The molecule has 0 saturated heterocycles. The number of hydrogen-bond donors (Lipinski definition) is 0. The van der Waals surface area contributed by atoms with Gasteiger partial charge in [-0.3, -0.25) is 0 Å². The van der Waals surface area contributed by atoms with Gasteiger partial charge in [0.15, 0.2) is 0 Å². The van der Waals surface area contributed by atoms with Crippen LogP contribution in [0.25, 0.3) is 0 Å². The molecule has 0 unspecified atom stereocenters. The van der Waals surface area contributed by atoms with Gasteiger partial charge in [0.1, 0.15) is 0 Å². The molecular formula is Ca2O10P2S. The molecular weight excluding hydrogens is 334 g/mol. The zero-order chi connectivity index (χ0) is 10.9. The second kappa shape index (κ2) is 7.98. The van der Waals surface area contributed by atoms with Gasteiger partial charge in [0.2, 0.25) is 0 Å². The van der Waals surface area contributed by atoms with Crippen LogP contribution in [0, 0.1) is 0 Å². The van der Waals surface area contributed by atoms with Crippen LogP contribution < -0.4 is 19.6 Å². The molecule has 0 spiro atoms. The zero-order valence-corrected chi connectivity index (χ0v) is 13.8. The second-order valence-electron chi connectivity index (χ2n) is 1.45. The van der Waals surface area contributed by atoms with E-state index in [1.807, 2.05) is 0 Å². The van der Waals surface area contributed by atoms with Crippen molar-refractivity contribution in [2.45, 2.75) is 0 Å². The Balaban J connectivity index is -0.000000720. The van der Waals surface area contributed by atoms with E-state index in [0.29, 0.717) is 0 Å². The molecule has 0 amide bonds. The number of rotatable bonds is 4. The minimum atomic E-state index is -5.99. The molecule has 0 aromatic rings. The summed E-state index contributed by atoms with van der Waals surface area (Å²) in [6.45, 7) is 0. The Hall–Kier alpha value is 2.69. The first-order valence-electron chi connectivity index (χ1n) is 2.13. The van der Waals surface area contributed by atoms with Gasteiger partial charge < -0.3 is 28.7 Å². The van der Waals surface area contributed by atoms with Crippen LogP contribution in [0.5, 0.6) is 0 Å². The average molecular weight is 334 g/mol. The maximum atomic E-state index is 10.1. The predicted molar refractivity (Wildman–Crippen MR) is 37.8 cm³/mol. The summed E-state index contributed by atoms with van der Waals surface area (Å²) in [6.07, 6.45) is 0. The summed E-state index contributed by atoms with van der Waals surface area (Å²) in [5, 5.41) is 0. The van der Waals surface area contributed by atoms with Gasteiger partial charge in [-0.25, -0.2) is 7.94 Å². The molecule has 0 aromatic carbocycles. The van der Waals surface area contributed by atoms with Crippen molar-refractivity contribution < 1.29 is 45.1 Å². The van der Waals surface area contributed by atoms with Crippen molar-refractivity contribution in [3.05, 3.63) is 0 Å². The molecule has 0 N–H and O–H groups in total. The van der Waals surface area contributed by atoms with Crippen LogP contribution in [0.1, 0.15) is 0 Å². The molecule has 80 valence electrons. The zero-order valence-electron chi connectivity index (χ0n) is 6.80. The van der Waals surface area contributed by atoms with Crippen LogP contribution in [-0.4, -0.2) is 83.9 Å². The number of hydrogen-bond acceptors (Lipinski definition) is 10. The fourth-order valence-electron chi connectivity index (χ4n) is 0.237. The Morgan fingerprint density at radius 3 is 1.13 bits per heavy atom. The van der Waals surface area contributed by atoms with Gasteiger partial charge in [-0.2, -0.15) is 8.42 Å². The van der Waals surface area contributed by atoms with Crippen molar-refractivity contribution in [3.63, 3.8) is 0 Å². The Bertz CT molecular complexity index is 327. The largest absolute Gasteiger partial charge is 2.00 e. The van der Waals surface area contributed by atoms with E-state index in [2.05, 4.69) is 7.94 Å². The smallest absolute Gasteiger partial charge is 0.789 e. The van der Waals surface area contributed by atoms with Crippen molar-refractivity contribution >= 4 is 102 Å². The van der Waals surface area contributed by atoms with Gasteiger partial charge in [0.05, 0.1) is 15.6 Å². The summed E-state index contributed by atoms with van der Waals surface area (Å²) in [5.74, 6) is 0. The van der Waals surface area contributed by atoms with Crippen LogP contribution in [-0.2, 0) is 27.5 Å². The first-order valence-corrected chi connectivity index (χ1v) is 6.38. The van der Waals surface area contributed by atoms with Gasteiger partial charge in [-0.1, -0.05) is 0 Å². The van der Waals surface area contributed by atoms with Crippen LogP contribution >= 0.6 is 15.6 Å². The summed E-state index contributed by atoms with van der Waals surface area (Å²) in [4.78, 5) is 38.5. The van der Waals surface area contributed by atoms with E-state index in [0.717, 1.165) is 0 Å². The molecule has 0 fully saturated rings. The van der Waals surface area contributed by atoms with Crippen LogP contribution in [0.3, 0.4) is 0 Å². The van der Waals surface area contributed by atoms with E-state index in [1.54, 1.807) is 0 Å². The second-order valence-corrected chi connectivity index (χ2v) is 5.25. The minimum absolute atomic E-state index is 0. The van der Waals surface area contributed by atoms with Gasteiger partial charge in [0.25, 0.3) is 0 Å². The normalized spacial score (nSPS) is 12.5. The summed E-state index contributed by atoms with van der Waals surface area (Å²) in [5.41, 5.74) is 0. The standard InChI is InChI=1S/2Ca.H4O10P2S/c;;1-11(2,3)9-13(7,8)10-12(4,5)6/h;;(H2,1,2,3)(H2,4,5,6)/q2*+2;/p-4. The van der Waals surface area contributed by atoms with Crippen molar-refractivity contribution in [2.75, 3.05) is 0 Å². The van der Waals surface area contributed by atoms with E-state index in [9.17, 15) is 37.1 Å². The molecule has 0 aliphatic rings. The van der Waals surface area contributed by atoms with E-state index >= 15 is 0 Å². The fourth-order valence-corrected chi connectivity index (χ4v) is 2.38. The molecule has 15 heavy (non-hydrogen) atoms. The summed E-state index contributed by atoms with van der Waals surface area (Å²) >= 11 is 0. The molecule has 0 aromatic heterocycles. The van der Waals surface area contributed by atoms with Gasteiger partial charge >= 0.3 is 85.9 Å². The Labute approximate surface area is 144 Å². The molecule has 0 heterocycles. The quantitative estimate of drug-likeness (QED) is 0.357. The maximum Gasteiger partial charge on any atom is 2.00 e. The van der Waals surface area contributed by atoms with Crippen LogP contribution in [0.15, 0.2) is 0 Å². The molecule has 0 saturated carbocycles. The van der Waals surface area contributed by atoms with E-state index in [-0.39, 0.29) is 75.5 Å². The molecule has 0 atom stereocenters. The van der Waals surface area contributed by atoms with E-state index < -0.39 is 26.0 Å². The molecule has 0 radical (unpaired) electrons. The van der Waals surface area contributed by atoms with Crippen molar-refractivity contribution in [1.29, 1.82) is 0 Å². The topological polar surface area (TPSA) is 179 Å².